The second-order valence-corrected chi connectivity index (χ2v) is 5.89. The molecular weight excluding hydrogens is 222 g/mol. The molecule has 0 aromatic rings. The Kier molecular flexibility index (Phi) is 5.55. The van der Waals surface area contributed by atoms with Gasteiger partial charge in [-0.3, -0.25) is 10.1 Å². The van der Waals surface area contributed by atoms with Gasteiger partial charge in [-0.05, 0) is 27.7 Å². The first-order valence-electron chi connectivity index (χ1n) is 5.95. The summed E-state index contributed by atoms with van der Waals surface area (Å²) in [5, 5.41) is 20.2. The van der Waals surface area contributed by atoms with Gasteiger partial charge in [-0.25, -0.2) is 0 Å². The molecule has 0 amide bonds. The smallest absolute Gasteiger partial charge is 0.209 e. The molecule has 0 fully saturated rings. The Morgan fingerprint density at radius 2 is 1.71 bits per heavy atom. The molecule has 1 N–H and O–H groups in total. The fraction of sp³-hybridized carbons (Fsp3) is 1.00. The lowest BCUT2D eigenvalue weighted by Crippen LogP contribution is -2.41. The number of hydrogen-bond acceptors (Lipinski definition) is 4. The van der Waals surface area contributed by atoms with Crippen LogP contribution in [0.15, 0.2) is 0 Å². The van der Waals surface area contributed by atoms with Crippen LogP contribution in [0.5, 0.6) is 0 Å². The molecule has 0 heterocycles. The molecule has 0 radical (unpaired) electrons. The topological polar surface area (TPSA) is 72.6 Å². The molecule has 0 spiro atoms. The molecule has 5 heteroatoms. The lowest BCUT2D eigenvalue weighted by atomic mass is 9.91. The van der Waals surface area contributed by atoms with E-state index in [0.717, 1.165) is 0 Å². The molecule has 0 aromatic heterocycles. The highest BCUT2D eigenvalue weighted by atomic mass is 16.6. The summed E-state index contributed by atoms with van der Waals surface area (Å²) in [6.07, 6.45) is 0. The maximum atomic E-state index is 10.5. The third-order valence-corrected chi connectivity index (χ3v) is 3.52. The second kappa shape index (κ2) is 5.78. The lowest BCUT2D eigenvalue weighted by molar-refractivity contribution is -0.492. The predicted molar refractivity (Wildman–Crippen MR) is 66.5 cm³/mol. The SMILES string of the molecule is CC(COC(C)(C)[C@@H](C)C[N+](=O)[O-])C(C)(C)O. The van der Waals surface area contributed by atoms with Gasteiger partial charge >= 0.3 is 0 Å². The molecule has 0 aliphatic heterocycles. The molecule has 17 heavy (non-hydrogen) atoms. The third-order valence-electron chi connectivity index (χ3n) is 3.52. The van der Waals surface area contributed by atoms with Crippen molar-refractivity contribution in [3.8, 4) is 0 Å². The van der Waals surface area contributed by atoms with Gasteiger partial charge in [0.2, 0.25) is 6.54 Å². The van der Waals surface area contributed by atoms with Crippen molar-refractivity contribution in [3.05, 3.63) is 10.1 Å². The van der Waals surface area contributed by atoms with Crippen LogP contribution in [0.4, 0.5) is 0 Å². The first kappa shape index (κ1) is 16.3. The summed E-state index contributed by atoms with van der Waals surface area (Å²) in [5.41, 5.74) is -1.37. The molecular formula is C12H25NO4. The summed E-state index contributed by atoms with van der Waals surface area (Å²) in [7, 11) is 0. The van der Waals surface area contributed by atoms with Crippen molar-refractivity contribution in [2.24, 2.45) is 11.8 Å². The summed E-state index contributed by atoms with van der Waals surface area (Å²) >= 11 is 0. The van der Waals surface area contributed by atoms with Crippen LogP contribution in [-0.4, -0.2) is 34.4 Å². The second-order valence-electron chi connectivity index (χ2n) is 5.89. The molecule has 0 aliphatic rings. The van der Waals surface area contributed by atoms with E-state index in [4.69, 9.17) is 4.74 Å². The van der Waals surface area contributed by atoms with E-state index in [1.165, 1.54) is 0 Å². The maximum Gasteiger partial charge on any atom is 0.209 e. The van der Waals surface area contributed by atoms with E-state index in [-0.39, 0.29) is 23.3 Å². The van der Waals surface area contributed by atoms with Gasteiger partial charge in [0, 0.05) is 16.8 Å². The van der Waals surface area contributed by atoms with Gasteiger partial charge in [0.05, 0.1) is 17.8 Å². The highest BCUT2D eigenvalue weighted by Gasteiger charge is 2.32. The van der Waals surface area contributed by atoms with E-state index >= 15 is 0 Å². The zero-order valence-corrected chi connectivity index (χ0v) is 11.7. The van der Waals surface area contributed by atoms with Crippen molar-refractivity contribution in [1.29, 1.82) is 0 Å². The zero-order valence-electron chi connectivity index (χ0n) is 11.7. The van der Waals surface area contributed by atoms with Crippen LogP contribution < -0.4 is 0 Å². The number of rotatable bonds is 7. The minimum Gasteiger partial charge on any atom is -0.390 e. The molecule has 0 aliphatic carbocycles. The van der Waals surface area contributed by atoms with Gasteiger partial charge < -0.3 is 9.84 Å². The zero-order chi connectivity index (χ0) is 13.9. The molecule has 2 atom stereocenters. The highest BCUT2D eigenvalue weighted by molar-refractivity contribution is 4.79. The molecule has 0 saturated carbocycles. The molecule has 0 rings (SSSR count). The Hall–Kier alpha value is -0.680. The van der Waals surface area contributed by atoms with E-state index in [2.05, 4.69) is 0 Å². The Morgan fingerprint density at radius 1 is 1.24 bits per heavy atom. The van der Waals surface area contributed by atoms with Crippen molar-refractivity contribution in [1.82, 2.24) is 0 Å². The molecule has 5 nitrogen and oxygen atoms in total. The molecule has 0 saturated heterocycles. The maximum absolute atomic E-state index is 10.5. The van der Waals surface area contributed by atoms with Crippen LogP contribution in [0, 0.1) is 22.0 Å². The first-order chi connectivity index (χ1) is 7.47. The van der Waals surface area contributed by atoms with Gasteiger partial charge in [-0.15, -0.1) is 0 Å². The van der Waals surface area contributed by atoms with Crippen LogP contribution in [0.2, 0.25) is 0 Å². The molecule has 1 unspecified atom stereocenters. The standard InChI is InChI=1S/C12H25NO4/c1-9(7-13(15)16)12(5,6)17-8-10(2)11(3,4)14/h9-10,14H,7-8H2,1-6H3/t9-,10?/m0/s1. The van der Waals surface area contributed by atoms with Crippen molar-refractivity contribution >= 4 is 0 Å². The van der Waals surface area contributed by atoms with E-state index in [1.54, 1.807) is 20.8 Å². The van der Waals surface area contributed by atoms with Crippen molar-refractivity contribution < 1.29 is 14.8 Å². The van der Waals surface area contributed by atoms with Crippen molar-refractivity contribution in [2.75, 3.05) is 13.2 Å². The van der Waals surface area contributed by atoms with E-state index in [9.17, 15) is 15.2 Å². The molecule has 0 bridgehead atoms. The fourth-order valence-electron chi connectivity index (χ4n) is 1.13. The quantitative estimate of drug-likeness (QED) is 0.552. The number of aliphatic hydroxyl groups is 1. The van der Waals surface area contributed by atoms with Gasteiger partial charge in [-0.1, -0.05) is 13.8 Å². The van der Waals surface area contributed by atoms with Gasteiger partial charge in [0.25, 0.3) is 0 Å². The summed E-state index contributed by atoms with van der Waals surface area (Å²) < 4.78 is 5.72. The van der Waals surface area contributed by atoms with Crippen LogP contribution in [0.3, 0.4) is 0 Å². The summed E-state index contributed by atoms with van der Waals surface area (Å²) in [6, 6.07) is 0. The largest absolute Gasteiger partial charge is 0.390 e. The van der Waals surface area contributed by atoms with Gasteiger partial charge in [0.15, 0.2) is 0 Å². The Morgan fingerprint density at radius 3 is 2.06 bits per heavy atom. The van der Waals surface area contributed by atoms with E-state index < -0.39 is 11.2 Å². The average Bonchev–Trinajstić information content (AvgIpc) is 2.11. The van der Waals surface area contributed by atoms with Crippen LogP contribution >= 0.6 is 0 Å². The minimum absolute atomic E-state index is 0.0235. The first-order valence-corrected chi connectivity index (χ1v) is 5.95. The van der Waals surface area contributed by atoms with Gasteiger partial charge in [0.1, 0.15) is 0 Å². The number of ether oxygens (including phenoxy) is 1. The highest BCUT2D eigenvalue weighted by Crippen LogP contribution is 2.24. The predicted octanol–water partition coefficient (Wildman–Crippen LogP) is 2.10. The average molecular weight is 247 g/mol. The number of nitro groups is 1. The molecule has 102 valence electrons. The monoisotopic (exact) mass is 247 g/mol. The summed E-state index contributed by atoms with van der Waals surface area (Å²) in [6.45, 7) is 11.1. The van der Waals surface area contributed by atoms with E-state index in [0.29, 0.717) is 6.61 Å². The Labute approximate surface area is 103 Å². The van der Waals surface area contributed by atoms with Crippen LogP contribution in [0.25, 0.3) is 0 Å². The summed E-state index contributed by atoms with van der Waals surface area (Å²) in [4.78, 5) is 10.1. The molecule has 0 aromatic carbocycles. The normalized spacial score (nSPS) is 16.6. The van der Waals surface area contributed by atoms with Gasteiger partial charge in [-0.2, -0.15) is 0 Å². The summed E-state index contributed by atoms with van der Waals surface area (Å²) in [5.74, 6) is -0.198. The minimum atomic E-state index is -0.803. The van der Waals surface area contributed by atoms with Crippen molar-refractivity contribution in [2.45, 2.75) is 52.7 Å². The van der Waals surface area contributed by atoms with Crippen LogP contribution in [0.1, 0.15) is 41.5 Å². The number of hydrogen-bond donors (Lipinski definition) is 1. The third kappa shape index (κ3) is 5.98. The van der Waals surface area contributed by atoms with E-state index in [1.807, 2.05) is 20.8 Å². The Balaban J connectivity index is 4.31. The van der Waals surface area contributed by atoms with Crippen molar-refractivity contribution in [3.63, 3.8) is 0 Å². The Bertz CT molecular complexity index is 258. The van der Waals surface area contributed by atoms with Crippen LogP contribution in [-0.2, 0) is 4.74 Å². The lowest BCUT2D eigenvalue weighted by Gasteiger charge is -2.33. The number of nitrogens with zero attached hydrogens (tertiary/aromatic N) is 1. The fourth-order valence-corrected chi connectivity index (χ4v) is 1.13.